The van der Waals surface area contributed by atoms with Crippen LogP contribution in [0.15, 0.2) is 48.5 Å². The number of fused-ring (bicyclic) bond motifs is 1. The van der Waals surface area contributed by atoms with Crippen molar-refractivity contribution in [3.63, 3.8) is 0 Å². The Hall–Kier alpha value is -1.91. The summed E-state index contributed by atoms with van der Waals surface area (Å²) in [5.41, 5.74) is 2.52. The maximum absolute atomic E-state index is 13.2. The highest BCUT2D eigenvalue weighted by molar-refractivity contribution is 5.34. The molecule has 2 aliphatic rings. The molecule has 4 heteroatoms. The topological polar surface area (TPSA) is 24.5 Å². The molecule has 0 aromatic heterocycles. The van der Waals surface area contributed by atoms with E-state index in [0.717, 1.165) is 25.4 Å². The van der Waals surface area contributed by atoms with Crippen molar-refractivity contribution >= 4 is 0 Å². The quantitative estimate of drug-likeness (QED) is 0.921. The normalized spacial score (nSPS) is 26.4. The van der Waals surface area contributed by atoms with Crippen LogP contribution < -0.4 is 10.1 Å². The molecular formula is C21H25FN2O. The van der Waals surface area contributed by atoms with Gasteiger partial charge < -0.3 is 10.1 Å². The first-order valence-corrected chi connectivity index (χ1v) is 9.10. The minimum atomic E-state index is -0.170. The summed E-state index contributed by atoms with van der Waals surface area (Å²) in [5.74, 6) is 1.21. The average molecular weight is 340 g/mol. The van der Waals surface area contributed by atoms with E-state index in [0.29, 0.717) is 18.0 Å². The molecule has 0 aliphatic carbocycles. The van der Waals surface area contributed by atoms with E-state index in [1.807, 2.05) is 18.2 Å². The molecule has 2 aromatic carbocycles. The van der Waals surface area contributed by atoms with Gasteiger partial charge in [-0.2, -0.15) is 0 Å². The van der Waals surface area contributed by atoms with Crippen LogP contribution in [0.25, 0.3) is 0 Å². The lowest BCUT2D eigenvalue weighted by Crippen LogP contribution is -2.48. The molecule has 4 rings (SSSR count). The second kappa shape index (κ2) is 7.14. The van der Waals surface area contributed by atoms with Gasteiger partial charge in [-0.3, -0.25) is 4.90 Å². The third-order valence-corrected chi connectivity index (χ3v) is 5.63. The second-order valence-electron chi connectivity index (χ2n) is 7.13. The van der Waals surface area contributed by atoms with Crippen LogP contribution in [0.3, 0.4) is 0 Å². The molecule has 1 N–H and O–H groups in total. The molecule has 2 aromatic rings. The van der Waals surface area contributed by atoms with Crippen molar-refractivity contribution < 1.29 is 9.13 Å². The lowest BCUT2D eigenvalue weighted by Gasteiger charge is -2.33. The van der Waals surface area contributed by atoms with Gasteiger partial charge >= 0.3 is 0 Å². The van der Waals surface area contributed by atoms with Crippen LogP contribution in [-0.4, -0.2) is 37.2 Å². The van der Waals surface area contributed by atoms with Crippen LogP contribution in [0, 0.1) is 5.82 Å². The zero-order chi connectivity index (χ0) is 17.2. The number of rotatable bonds is 4. The number of hydrogen-bond acceptors (Lipinski definition) is 3. The summed E-state index contributed by atoms with van der Waals surface area (Å²) in [4.78, 5) is 2.56. The van der Waals surface area contributed by atoms with Crippen molar-refractivity contribution in [3.05, 3.63) is 65.5 Å². The third-order valence-electron chi connectivity index (χ3n) is 5.63. The molecule has 0 bridgehead atoms. The maximum atomic E-state index is 13.2. The standard InChI is InChI=1S/C21H25FN2O/c1-25-18-5-2-4-16(12-18)19-14-24(20-6-3-11-23-21(19)20)13-15-7-9-17(22)10-8-15/h2,4-5,7-10,12,19-21,23H,3,6,11,13-14H2,1H3/t19-,20-,21-/m1/s1. The molecule has 2 heterocycles. The van der Waals surface area contributed by atoms with Gasteiger partial charge in [0, 0.05) is 31.1 Å². The Balaban J connectivity index is 1.57. The number of benzene rings is 2. The molecule has 25 heavy (non-hydrogen) atoms. The SMILES string of the molecule is COc1cccc([C@H]2CN(Cc3ccc(F)cc3)[C@@H]3CCCN[C@H]23)c1. The van der Waals surface area contributed by atoms with Crippen LogP contribution in [0.4, 0.5) is 4.39 Å². The molecule has 3 nitrogen and oxygen atoms in total. The number of nitrogens with one attached hydrogen (secondary N) is 1. The largest absolute Gasteiger partial charge is 0.497 e. The van der Waals surface area contributed by atoms with Crippen LogP contribution in [0.2, 0.25) is 0 Å². The van der Waals surface area contributed by atoms with Crippen molar-refractivity contribution in [2.45, 2.75) is 37.4 Å². The highest BCUT2D eigenvalue weighted by Gasteiger charge is 2.43. The minimum absolute atomic E-state index is 0.170. The Bertz CT molecular complexity index is 718. The molecule has 132 valence electrons. The van der Waals surface area contributed by atoms with Crippen LogP contribution in [0.1, 0.15) is 29.9 Å². The van der Waals surface area contributed by atoms with Crippen LogP contribution in [0.5, 0.6) is 5.75 Å². The summed E-state index contributed by atoms with van der Waals surface area (Å²) >= 11 is 0. The number of ether oxygens (including phenoxy) is 1. The fourth-order valence-corrected chi connectivity index (χ4v) is 4.41. The second-order valence-corrected chi connectivity index (χ2v) is 7.13. The molecule has 0 radical (unpaired) electrons. The number of piperidine rings is 1. The lowest BCUT2D eigenvalue weighted by atomic mass is 9.87. The first kappa shape index (κ1) is 16.6. The summed E-state index contributed by atoms with van der Waals surface area (Å²) in [7, 11) is 1.72. The van der Waals surface area contributed by atoms with Crippen molar-refractivity contribution in [1.29, 1.82) is 0 Å². The van der Waals surface area contributed by atoms with E-state index in [4.69, 9.17) is 4.74 Å². The molecule has 3 atom stereocenters. The van der Waals surface area contributed by atoms with E-state index in [2.05, 4.69) is 28.4 Å². The molecule has 0 amide bonds. The van der Waals surface area contributed by atoms with Crippen molar-refractivity contribution in [1.82, 2.24) is 10.2 Å². The fraction of sp³-hybridized carbons (Fsp3) is 0.429. The van der Waals surface area contributed by atoms with E-state index < -0.39 is 0 Å². The molecule has 0 saturated carbocycles. The van der Waals surface area contributed by atoms with E-state index >= 15 is 0 Å². The highest BCUT2D eigenvalue weighted by Crippen LogP contribution is 2.37. The number of methoxy groups -OCH3 is 1. The molecule has 0 unspecified atom stereocenters. The van der Waals surface area contributed by atoms with Gasteiger partial charge in [0.05, 0.1) is 7.11 Å². The lowest BCUT2D eigenvalue weighted by molar-refractivity contribution is 0.194. The summed E-state index contributed by atoms with van der Waals surface area (Å²) in [6.07, 6.45) is 2.44. The smallest absolute Gasteiger partial charge is 0.123 e. The third kappa shape index (κ3) is 3.42. The van der Waals surface area contributed by atoms with Gasteiger partial charge in [-0.05, 0) is 54.8 Å². The Morgan fingerprint density at radius 3 is 2.84 bits per heavy atom. The maximum Gasteiger partial charge on any atom is 0.123 e. The van der Waals surface area contributed by atoms with Gasteiger partial charge in [0.15, 0.2) is 0 Å². The van der Waals surface area contributed by atoms with Gasteiger partial charge in [-0.1, -0.05) is 24.3 Å². The molecule has 2 saturated heterocycles. The molecule has 2 fully saturated rings. The van der Waals surface area contributed by atoms with Crippen molar-refractivity contribution in [2.24, 2.45) is 0 Å². The fourth-order valence-electron chi connectivity index (χ4n) is 4.41. The zero-order valence-electron chi connectivity index (χ0n) is 14.6. The summed E-state index contributed by atoms with van der Waals surface area (Å²) in [6.45, 7) is 2.99. The van der Waals surface area contributed by atoms with Gasteiger partial charge in [0.25, 0.3) is 0 Å². The zero-order valence-corrected chi connectivity index (χ0v) is 14.6. The molecule has 0 spiro atoms. The monoisotopic (exact) mass is 340 g/mol. The van der Waals surface area contributed by atoms with E-state index in [1.165, 1.54) is 24.0 Å². The van der Waals surface area contributed by atoms with Gasteiger partial charge in [0.1, 0.15) is 11.6 Å². The average Bonchev–Trinajstić information content (AvgIpc) is 3.02. The highest BCUT2D eigenvalue weighted by atomic mass is 19.1. The van der Waals surface area contributed by atoms with Crippen LogP contribution in [-0.2, 0) is 6.54 Å². The van der Waals surface area contributed by atoms with E-state index in [1.54, 1.807) is 19.2 Å². The van der Waals surface area contributed by atoms with Crippen molar-refractivity contribution in [2.75, 3.05) is 20.2 Å². The Labute approximate surface area is 148 Å². The Morgan fingerprint density at radius 1 is 1.20 bits per heavy atom. The van der Waals surface area contributed by atoms with E-state index in [9.17, 15) is 4.39 Å². The van der Waals surface area contributed by atoms with Crippen LogP contribution >= 0.6 is 0 Å². The molecular weight excluding hydrogens is 315 g/mol. The Morgan fingerprint density at radius 2 is 2.04 bits per heavy atom. The van der Waals surface area contributed by atoms with Gasteiger partial charge in [0.2, 0.25) is 0 Å². The molecule has 2 aliphatic heterocycles. The first-order chi connectivity index (χ1) is 12.2. The van der Waals surface area contributed by atoms with Gasteiger partial charge in [-0.15, -0.1) is 0 Å². The number of halogens is 1. The summed E-state index contributed by atoms with van der Waals surface area (Å²) < 4.78 is 18.6. The van der Waals surface area contributed by atoms with Crippen molar-refractivity contribution in [3.8, 4) is 5.75 Å². The predicted octanol–water partition coefficient (Wildman–Crippen LogP) is 3.55. The minimum Gasteiger partial charge on any atom is -0.497 e. The Kier molecular flexibility index (Phi) is 4.73. The van der Waals surface area contributed by atoms with E-state index in [-0.39, 0.29) is 5.82 Å². The summed E-state index contributed by atoms with van der Waals surface area (Å²) in [6, 6.07) is 16.4. The summed E-state index contributed by atoms with van der Waals surface area (Å²) in [5, 5.41) is 3.75. The number of nitrogens with zero attached hydrogens (tertiary/aromatic N) is 1. The number of hydrogen-bond donors (Lipinski definition) is 1. The first-order valence-electron chi connectivity index (χ1n) is 9.10. The predicted molar refractivity (Wildman–Crippen MR) is 97.4 cm³/mol. The van der Waals surface area contributed by atoms with Gasteiger partial charge in [-0.25, -0.2) is 4.39 Å². The number of likely N-dealkylation sites (tertiary alicyclic amines) is 1.